The summed E-state index contributed by atoms with van der Waals surface area (Å²) in [4.78, 5) is 16.0. The average molecular weight is 206 g/mol. The first-order chi connectivity index (χ1) is 6.91. The second kappa shape index (κ2) is 4.53. The third kappa shape index (κ3) is 3.44. The molecule has 15 heavy (non-hydrogen) atoms. The van der Waals surface area contributed by atoms with Crippen LogP contribution in [0.25, 0.3) is 0 Å². The van der Waals surface area contributed by atoms with Gasteiger partial charge in [-0.05, 0) is 12.1 Å². The van der Waals surface area contributed by atoms with Gasteiger partial charge in [0.05, 0.1) is 6.04 Å². The van der Waals surface area contributed by atoms with E-state index in [0.29, 0.717) is 6.42 Å². The van der Waals surface area contributed by atoms with Gasteiger partial charge in [-0.25, -0.2) is 0 Å². The van der Waals surface area contributed by atoms with E-state index in [9.17, 15) is 4.79 Å². The monoisotopic (exact) mass is 206 g/mol. The highest BCUT2D eigenvalue weighted by Gasteiger charge is 2.27. The van der Waals surface area contributed by atoms with Gasteiger partial charge < -0.3 is 5.73 Å². The maximum absolute atomic E-state index is 11.8. The van der Waals surface area contributed by atoms with Crippen molar-refractivity contribution in [2.75, 3.05) is 0 Å². The lowest BCUT2D eigenvalue weighted by molar-refractivity contribution is -0.127. The summed E-state index contributed by atoms with van der Waals surface area (Å²) < 4.78 is 0. The van der Waals surface area contributed by atoms with Gasteiger partial charge in [-0.2, -0.15) is 0 Å². The topological polar surface area (TPSA) is 56.0 Å². The number of hydrogen-bond donors (Lipinski definition) is 1. The lowest BCUT2D eigenvalue weighted by Crippen LogP contribution is -2.40. The summed E-state index contributed by atoms with van der Waals surface area (Å²) in [7, 11) is 0. The Labute approximate surface area is 90.7 Å². The molecule has 1 aromatic heterocycles. The highest BCUT2D eigenvalue weighted by atomic mass is 16.1. The molecule has 2 N–H and O–H groups in total. The number of Topliss-reactive ketones (excluding diaryl/α,β-unsaturated/α-hetero) is 1. The molecular formula is C12H18N2O. The van der Waals surface area contributed by atoms with Gasteiger partial charge in [0.15, 0.2) is 5.78 Å². The van der Waals surface area contributed by atoms with E-state index in [-0.39, 0.29) is 11.2 Å². The maximum atomic E-state index is 11.8. The van der Waals surface area contributed by atoms with Crippen molar-refractivity contribution in [1.82, 2.24) is 4.98 Å². The second-order valence-electron chi connectivity index (χ2n) is 4.75. The Bertz CT molecular complexity index is 327. The molecule has 0 aliphatic heterocycles. The molecular weight excluding hydrogens is 188 g/mol. The molecule has 1 rings (SSSR count). The van der Waals surface area contributed by atoms with Crippen LogP contribution in [0.2, 0.25) is 0 Å². The minimum absolute atomic E-state index is 0.0770. The zero-order chi connectivity index (χ0) is 11.5. The Hall–Kier alpha value is -1.22. The molecule has 1 atom stereocenters. The Morgan fingerprint density at radius 3 is 2.60 bits per heavy atom. The van der Waals surface area contributed by atoms with Crippen LogP contribution in [0.4, 0.5) is 0 Å². The highest BCUT2D eigenvalue weighted by Crippen LogP contribution is 2.17. The molecule has 0 unspecified atom stereocenters. The van der Waals surface area contributed by atoms with Crippen molar-refractivity contribution < 1.29 is 4.79 Å². The molecule has 0 spiro atoms. The number of nitrogens with two attached hydrogens (primary N) is 1. The largest absolute Gasteiger partial charge is 0.321 e. The molecule has 0 fully saturated rings. The molecule has 3 nitrogen and oxygen atoms in total. The number of nitrogens with zero attached hydrogens (tertiary/aromatic N) is 1. The fraction of sp³-hybridized carbons (Fsp3) is 0.500. The van der Waals surface area contributed by atoms with Crippen LogP contribution in [0.1, 0.15) is 26.5 Å². The molecule has 0 bridgehead atoms. The molecule has 0 amide bonds. The van der Waals surface area contributed by atoms with E-state index in [1.807, 2.05) is 39.0 Å². The van der Waals surface area contributed by atoms with Gasteiger partial charge in [0, 0.05) is 23.7 Å². The van der Waals surface area contributed by atoms with E-state index < -0.39 is 6.04 Å². The molecule has 0 aliphatic rings. The molecule has 0 aromatic carbocycles. The van der Waals surface area contributed by atoms with Crippen LogP contribution < -0.4 is 5.73 Å². The first-order valence-corrected chi connectivity index (χ1v) is 5.11. The number of carbonyl (C=O) groups excluding carboxylic acids is 1. The minimum Gasteiger partial charge on any atom is -0.321 e. The van der Waals surface area contributed by atoms with Crippen molar-refractivity contribution in [1.29, 1.82) is 0 Å². The number of ketones is 1. The van der Waals surface area contributed by atoms with Gasteiger partial charge in [-0.1, -0.05) is 26.8 Å². The first kappa shape index (κ1) is 11.9. The van der Waals surface area contributed by atoms with Crippen LogP contribution in [0.3, 0.4) is 0 Å². The lowest BCUT2D eigenvalue weighted by Gasteiger charge is -2.21. The van der Waals surface area contributed by atoms with E-state index >= 15 is 0 Å². The van der Waals surface area contributed by atoms with Crippen LogP contribution in [-0.4, -0.2) is 16.8 Å². The summed E-state index contributed by atoms with van der Waals surface area (Å²) in [5, 5.41) is 0. The van der Waals surface area contributed by atoms with Crippen LogP contribution in [0.15, 0.2) is 24.4 Å². The van der Waals surface area contributed by atoms with Gasteiger partial charge in [-0.3, -0.25) is 9.78 Å². The van der Waals surface area contributed by atoms with Gasteiger partial charge in [-0.15, -0.1) is 0 Å². The van der Waals surface area contributed by atoms with Crippen molar-refractivity contribution in [2.24, 2.45) is 11.1 Å². The number of hydrogen-bond acceptors (Lipinski definition) is 3. The minimum atomic E-state index is -0.458. The Morgan fingerprint density at radius 2 is 2.13 bits per heavy atom. The van der Waals surface area contributed by atoms with Crippen LogP contribution >= 0.6 is 0 Å². The zero-order valence-corrected chi connectivity index (χ0v) is 9.53. The smallest absolute Gasteiger partial charge is 0.155 e. The number of aromatic nitrogens is 1. The normalized spacial score (nSPS) is 13.6. The van der Waals surface area contributed by atoms with Crippen molar-refractivity contribution in [3.8, 4) is 0 Å². The molecule has 1 heterocycles. The summed E-state index contributed by atoms with van der Waals surface area (Å²) in [5.41, 5.74) is 6.33. The summed E-state index contributed by atoms with van der Waals surface area (Å²) >= 11 is 0. The van der Waals surface area contributed by atoms with Crippen molar-refractivity contribution in [3.05, 3.63) is 30.1 Å². The summed E-state index contributed by atoms with van der Waals surface area (Å²) in [6, 6.07) is 5.17. The number of pyridine rings is 1. The van der Waals surface area contributed by atoms with E-state index in [0.717, 1.165) is 5.69 Å². The van der Waals surface area contributed by atoms with Gasteiger partial charge in [0.1, 0.15) is 0 Å². The number of rotatable bonds is 3. The highest BCUT2D eigenvalue weighted by molar-refractivity contribution is 5.88. The van der Waals surface area contributed by atoms with E-state index in [2.05, 4.69) is 4.98 Å². The Morgan fingerprint density at radius 1 is 1.47 bits per heavy atom. The fourth-order valence-corrected chi connectivity index (χ4v) is 1.39. The molecule has 1 aromatic rings. The van der Waals surface area contributed by atoms with E-state index in [1.165, 1.54) is 0 Å². The molecule has 82 valence electrons. The SMILES string of the molecule is CC(C)(C)C(=O)[C@H](N)Cc1ccccn1. The predicted octanol–water partition coefficient (Wildman–Crippen LogP) is 1.57. The fourth-order valence-electron chi connectivity index (χ4n) is 1.39. The van der Waals surface area contributed by atoms with Gasteiger partial charge >= 0.3 is 0 Å². The van der Waals surface area contributed by atoms with Gasteiger partial charge in [0.2, 0.25) is 0 Å². The third-order valence-corrected chi connectivity index (χ3v) is 2.23. The molecule has 0 saturated carbocycles. The molecule has 0 aliphatic carbocycles. The lowest BCUT2D eigenvalue weighted by atomic mass is 9.85. The summed E-state index contributed by atoms with van der Waals surface area (Å²) in [6.07, 6.45) is 2.22. The molecule has 3 heteroatoms. The second-order valence-corrected chi connectivity index (χ2v) is 4.75. The van der Waals surface area contributed by atoms with Crippen molar-refractivity contribution in [2.45, 2.75) is 33.2 Å². The standard InChI is InChI=1S/C12H18N2O/c1-12(2,3)11(15)10(13)8-9-6-4-5-7-14-9/h4-7,10H,8,13H2,1-3H3/t10-/m1/s1. The Balaban J connectivity index is 2.65. The number of carbonyl (C=O) groups is 1. The molecule has 0 radical (unpaired) electrons. The maximum Gasteiger partial charge on any atom is 0.155 e. The van der Waals surface area contributed by atoms with E-state index in [4.69, 9.17) is 5.73 Å². The van der Waals surface area contributed by atoms with Crippen LogP contribution in [0.5, 0.6) is 0 Å². The third-order valence-electron chi connectivity index (χ3n) is 2.23. The van der Waals surface area contributed by atoms with E-state index in [1.54, 1.807) is 6.20 Å². The van der Waals surface area contributed by atoms with Gasteiger partial charge in [0.25, 0.3) is 0 Å². The predicted molar refractivity (Wildman–Crippen MR) is 60.4 cm³/mol. The quantitative estimate of drug-likeness (QED) is 0.816. The summed E-state index contributed by atoms with van der Waals surface area (Å²) in [6.45, 7) is 5.65. The Kier molecular flexibility index (Phi) is 3.58. The van der Waals surface area contributed by atoms with Crippen LogP contribution in [-0.2, 0) is 11.2 Å². The average Bonchev–Trinajstić information content (AvgIpc) is 2.16. The first-order valence-electron chi connectivity index (χ1n) is 5.11. The van der Waals surface area contributed by atoms with Crippen molar-refractivity contribution in [3.63, 3.8) is 0 Å². The summed E-state index contributed by atoms with van der Waals surface area (Å²) in [5.74, 6) is 0.0770. The van der Waals surface area contributed by atoms with Crippen LogP contribution in [0, 0.1) is 5.41 Å². The van der Waals surface area contributed by atoms with Crippen molar-refractivity contribution >= 4 is 5.78 Å². The zero-order valence-electron chi connectivity index (χ0n) is 9.53. The molecule has 0 saturated heterocycles.